The molecule has 1 aromatic heterocycles. The zero-order valence-corrected chi connectivity index (χ0v) is 11.0. The van der Waals surface area contributed by atoms with Crippen LogP contribution in [-0.2, 0) is 9.59 Å². The van der Waals surface area contributed by atoms with Crippen molar-refractivity contribution in [2.75, 3.05) is 13.2 Å². The fraction of sp³-hybridized carbons (Fsp3) is 0.214. The quantitative estimate of drug-likeness (QED) is 0.761. The normalized spacial score (nSPS) is 10.3. The maximum Gasteiger partial charge on any atom is 0.336 e. The van der Waals surface area contributed by atoms with Crippen LogP contribution >= 0.6 is 0 Å². The zero-order chi connectivity index (χ0) is 15.2. The van der Waals surface area contributed by atoms with Gasteiger partial charge in [0.2, 0.25) is 0 Å². The minimum atomic E-state index is -0.985. The van der Waals surface area contributed by atoms with Crippen LogP contribution in [0, 0.1) is 0 Å². The fourth-order valence-electron chi connectivity index (χ4n) is 1.64. The molecule has 7 nitrogen and oxygen atoms in total. The van der Waals surface area contributed by atoms with Crippen molar-refractivity contribution >= 4 is 22.8 Å². The van der Waals surface area contributed by atoms with Gasteiger partial charge in [-0.1, -0.05) is 0 Å². The molecule has 0 saturated carbocycles. The summed E-state index contributed by atoms with van der Waals surface area (Å²) in [5.41, 5.74) is -0.0997. The highest BCUT2D eigenvalue weighted by Gasteiger charge is 2.05. The van der Waals surface area contributed by atoms with E-state index in [4.69, 9.17) is 14.3 Å². The first kappa shape index (κ1) is 14.6. The highest BCUT2D eigenvalue weighted by atomic mass is 16.5. The van der Waals surface area contributed by atoms with Crippen LogP contribution < -0.4 is 15.7 Å². The molecule has 0 aliphatic heterocycles. The number of benzene rings is 1. The minimum absolute atomic E-state index is 0.0458. The Hall–Kier alpha value is -2.83. The Kier molecular flexibility index (Phi) is 4.55. The first-order valence-corrected chi connectivity index (χ1v) is 6.20. The molecule has 2 N–H and O–H groups in total. The van der Waals surface area contributed by atoms with Gasteiger partial charge in [-0.05, 0) is 18.2 Å². The topological polar surface area (TPSA) is 106 Å². The third-order valence-corrected chi connectivity index (χ3v) is 2.63. The molecular weight excluding hydrogens is 278 g/mol. The number of carbonyl (C=O) groups is 2. The summed E-state index contributed by atoms with van der Waals surface area (Å²) >= 11 is 0. The monoisotopic (exact) mass is 291 g/mol. The Morgan fingerprint density at radius 1 is 1.24 bits per heavy atom. The lowest BCUT2D eigenvalue weighted by molar-refractivity contribution is -0.137. The highest BCUT2D eigenvalue weighted by Crippen LogP contribution is 2.19. The van der Waals surface area contributed by atoms with E-state index in [2.05, 4.69) is 5.32 Å². The molecule has 0 saturated heterocycles. The second-order valence-corrected chi connectivity index (χ2v) is 4.24. The van der Waals surface area contributed by atoms with Gasteiger partial charge in [-0.2, -0.15) is 0 Å². The van der Waals surface area contributed by atoms with E-state index in [0.29, 0.717) is 11.3 Å². The number of nitrogens with one attached hydrogen (secondary N) is 1. The van der Waals surface area contributed by atoms with Gasteiger partial charge in [-0.3, -0.25) is 9.59 Å². The van der Waals surface area contributed by atoms with Crippen LogP contribution in [0.25, 0.3) is 11.0 Å². The number of carbonyl (C=O) groups excluding carboxylic acids is 1. The van der Waals surface area contributed by atoms with Crippen molar-refractivity contribution in [3.63, 3.8) is 0 Å². The summed E-state index contributed by atoms with van der Waals surface area (Å²) in [5, 5.41) is 11.6. The van der Waals surface area contributed by atoms with Crippen molar-refractivity contribution in [3.05, 3.63) is 40.8 Å². The number of hydrogen-bond donors (Lipinski definition) is 2. The second-order valence-electron chi connectivity index (χ2n) is 4.24. The van der Waals surface area contributed by atoms with Gasteiger partial charge in [0.15, 0.2) is 6.61 Å². The summed E-state index contributed by atoms with van der Waals surface area (Å²) in [6, 6.07) is 7.81. The van der Waals surface area contributed by atoms with E-state index in [-0.39, 0.29) is 19.6 Å². The van der Waals surface area contributed by atoms with Gasteiger partial charge in [0.1, 0.15) is 11.3 Å². The third kappa shape index (κ3) is 4.34. The van der Waals surface area contributed by atoms with Crippen molar-refractivity contribution in [1.82, 2.24) is 5.32 Å². The van der Waals surface area contributed by atoms with Crippen LogP contribution in [0.1, 0.15) is 6.42 Å². The Labute approximate surface area is 119 Å². The molecule has 7 heteroatoms. The van der Waals surface area contributed by atoms with E-state index in [0.717, 1.165) is 5.39 Å². The molecular formula is C14H13NO6. The molecule has 0 aliphatic rings. The van der Waals surface area contributed by atoms with Crippen LogP contribution in [0.15, 0.2) is 39.5 Å². The number of hydrogen-bond acceptors (Lipinski definition) is 5. The predicted octanol–water partition coefficient (Wildman–Crippen LogP) is 0.763. The number of amides is 1. The molecule has 2 aromatic rings. The van der Waals surface area contributed by atoms with Gasteiger partial charge in [-0.25, -0.2) is 4.79 Å². The summed E-state index contributed by atoms with van der Waals surface area (Å²) in [6.07, 6.45) is -0.146. The van der Waals surface area contributed by atoms with Crippen LogP contribution in [-0.4, -0.2) is 30.1 Å². The standard InChI is InChI=1S/C14H13NO6/c16-12(15-6-5-13(17)18)8-20-10-3-1-9-2-4-14(19)21-11(9)7-10/h1-4,7H,5-6,8H2,(H,15,16)(H,17,18). The van der Waals surface area contributed by atoms with E-state index >= 15 is 0 Å². The second kappa shape index (κ2) is 6.56. The lowest BCUT2D eigenvalue weighted by Crippen LogP contribution is -2.30. The fourth-order valence-corrected chi connectivity index (χ4v) is 1.64. The molecule has 0 bridgehead atoms. The Morgan fingerprint density at radius 2 is 2.00 bits per heavy atom. The van der Waals surface area contributed by atoms with E-state index in [9.17, 15) is 14.4 Å². The highest BCUT2D eigenvalue weighted by molar-refractivity contribution is 5.79. The molecule has 0 radical (unpaired) electrons. The van der Waals surface area contributed by atoms with E-state index in [1.54, 1.807) is 18.2 Å². The number of carboxylic acids is 1. The molecule has 21 heavy (non-hydrogen) atoms. The molecule has 1 heterocycles. The average molecular weight is 291 g/mol. The molecule has 0 aliphatic carbocycles. The summed E-state index contributed by atoms with van der Waals surface area (Å²) < 4.78 is 10.3. The summed E-state index contributed by atoms with van der Waals surface area (Å²) in [4.78, 5) is 32.8. The van der Waals surface area contributed by atoms with Crippen LogP contribution in [0.5, 0.6) is 5.75 Å². The van der Waals surface area contributed by atoms with Gasteiger partial charge < -0.3 is 19.6 Å². The summed E-state index contributed by atoms with van der Waals surface area (Å²) in [7, 11) is 0. The molecule has 110 valence electrons. The molecule has 0 fully saturated rings. The molecule has 0 unspecified atom stereocenters. The number of fused-ring (bicyclic) bond motifs is 1. The zero-order valence-electron chi connectivity index (χ0n) is 11.0. The van der Waals surface area contributed by atoms with Gasteiger partial charge in [0, 0.05) is 24.1 Å². The number of rotatable bonds is 6. The van der Waals surface area contributed by atoms with E-state index in [1.165, 1.54) is 12.1 Å². The number of ether oxygens (including phenoxy) is 1. The van der Waals surface area contributed by atoms with Crippen molar-refractivity contribution < 1.29 is 23.8 Å². The molecule has 1 amide bonds. The van der Waals surface area contributed by atoms with Crippen molar-refractivity contribution in [1.29, 1.82) is 0 Å². The summed E-state index contributed by atoms with van der Waals surface area (Å²) in [6.45, 7) is -0.202. The number of aliphatic carboxylic acids is 1. The van der Waals surface area contributed by atoms with Gasteiger partial charge in [0.05, 0.1) is 6.42 Å². The molecule has 0 atom stereocenters. The lowest BCUT2D eigenvalue weighted by atomic mass is 10.2. The van der Waals surface area contributed by atoms with Crippen molar-refractivity contribution in [3.8, 4) is 5.75 Å². The Morgan fingerprint density at radius 3 is 2.76 bits per heavy atom. The maximum absolute atomic E-state index is 11.4. The van der Waals surface area contributed by atoms with Crippen LogP contribution in [0.2, 0.25) is 0 Å². The van der Waals surface area contributed by atoms with E-state index < -0.39 is 17.5 Å². The first-order valence-electron chi connectivity index (χ1n) is 6.20. The third-order valence-electron chi connectivity index (χ3n) is 2.63. The Bertz CT molecular complexity index is 721. The predicted molar refractivity (Wildman–Crippen MR) is 73.2 cm³/mol. The molecule has 2 rings (SSSR count). The smallest absolute Gasteiger partial charge is 0.336 e. The van der Waals surface area contributed by atoms with Gasteiger partial charge >= 0.3 is 11.6 Å². The minimum Gasteiger partial charge on any atom is -0.484 e. The van der Waals surface area contributed by atoms with Gasteiger partial charge in [0.25, 0.3) is 5.91 Å². The van der Waals surface area contributed by atoms with Crippen molar-refractivity contribution in [2.24, 2.45) is 0 Å². The van der Waals surface area contributed by atoms with Crippen molar-refractivity contribution in [2.45, 2.75) is 6.42 Å². The van der Waals surface area contributed by atoms with E-state index in [1.807, 2.05) is 0 Å². The summed E-state index contributed by atoms with van der Waals surface area (Å²) in [5.74, 6) is -1.03. The maximum atomic E-state index is 11.4. The van der Waals surface area contributed by atoms with Crippen LogP contribution in [0.4, 0.5) is 0 Å². The lowest BCUT2D eigenvalue weighted by Gasteiger charge is -2.07. The first-order chi connectivity index (χ1) is 10.0. The largest absolute Gasteiger partial charge is 0.484 e. The Balaban J connectivity index is 1.92. The van der Waals surface area contributed by atoms with Crippen LogP contribution in [0.3, 0.4) is 0 Å². The molecule has 1 aromatic carbocycles. The SMILES string of the molecule is O=C(O)CCNC(=O)COc1ccc2ccc(=O)oc2c1. The van der Waals surface area contributed by atoms with Gasteiger partial charge in [-0.15, -0.1) is 0 Å². The molecule has 0 spiro atoms. The average Bonchev–Trinajstić information content (AvgIpc) is 2.44. The number of carboxylic acid groups (broad SMARTS) is 1.